The first-order valence-electron chi connectivity index (χ1n) is 8.63. The maximum atomic E-state index is 12.8. The van der Waals surface area contributed by atoms with Crippen LogP contribution in [0, 0.1) is 0 Å². The van der Waals surface area contributed by atoms with Crippen molar-refractivity contribution in [1.29, 1.82) is 0 Å². The molecule has 1 saturated carbocycles. The van der Waals surface area contributed by atoms with E-state index in [-0.39, 0.29) is 10.9 Å². The normalized spacial score (nSPS) is 19.3. The van der Waals surface area contributed by atoms with Gasteiger partial charge in [0.1, 0.15) is 5.60 Å². The number of hydrogen-bond acceptors (Lipinski definition) is 2. The van der Waals surface area contributed by atoms with E-state index in [4.69, 9.17) is 4.43 Å². The molecule has 0 heterocycles. The quantitative estimate of drug-likeness (QED) is 0.573. The van der Waals surface area contributed by atoms with Crippen molar-refractivity contribution in [2.75, 3.05) is 6.54 Å². The molecule has 1 fully saturated rings. The summed E-state index contributed by atoms with van der Waals surface area (Å²) in [6, 6.07) is 0. The summed E-state index contributed by atoms with van der Waals surface area (Å²) in [7, 11) is -1.94. The van der Waals surface area contributed by atoms with Gasteiger partial charge in [0.25, 0.3) is 5.91 Å². The fourth-order valence-electron chi connectivity index (χ4n) is 2.68. The molecule has 0 unspecified atom stereocenters. The van der Waals surface area contributed by atoms with Crippen molar-refractivity contribution in [3.63, 3.8) is 0 Å². The van der Waals surface area contributed by atoms with E-state index in [1.54, 1.807) is 0 Å². The summed E-state index contributed by atoms with van der Waals surface area (Å²) in [5.41, 5.74) is -0.561. The largest absolute Gasteiger partial charge is 0.403 e. The molecule has 0 atom stereocenters. The van der Waals surface area contributed by atoms with Crippen LogP contribution in [0.4, 0.5) is 0 Å². The molecule has 3 nitrogen and oxygen atoms in total. The average molecular weight is 314 g/mol. The first-order chi connectivity index (χ1) is 9.65. The fourth-order valence-corrected chi connectivity index (χ4v) is 4.26. The average Bonchev–Trinajstić information content (AvgIpc) is 2.38. The molecular weight excluding hydrogens is 278 g/mol. The zero-order valence-electron chi connectivity index (χ0n) is 15.0. The van der Waals surface area contributed by atoms with Crippen molar-refractivity contribution in [3.8, 4) is 0 Å². The predicted molar refractivity (Wildman–Crippen MR) is 92.0 cm³/mol. The van der Waals surface area contributed by atoms with E-state index in [9.17, 15) is 4.79 Å². The second-order valence-corrected chi connectivity index (χ2v) is 12.8. The van der Waals surface area contributed by atoms with Crippen LogP contribution >= 0.6 is 0 Å². The number of carbonyl (C=O) groups is 1. The van der Waals surface area contributed by atoms with Crippen molar-refractivity contribution in [1.82, 2.24) is 5.32 Å². The maximum Gasteiger partial charge on any atom is 0.251 e. The van der Waals surface area contributed by atoms with E-state index >= 15 is 0 Å². The Hall–Kier alpha value is -0.353. The molecule has 1 rings (SSSR count). The molecule has 0 aromatic heterocycles. The molecule has 0 radical (unpaired) electrons. The van der Waals surface area contributed by atoms with Gasteiger partial charge in [-0.2, -0.15) is 0 Å². The topological polar surface area (TPSA) is 38.3 Å². The molecule has 0 saturated heterocycles. The third kappa shape index (κ3) is 4.81. The van der Waals surface area contributed by atoms with Crippen LogP contribution in [0.5, 0.6) is 0 Å². The van der Waals surface area contributed by atoms with E-state index in [1.165, 1.54) is 6.42 Å². The number of carbonyl (C=O) groups excluding carboxylic acids is 1. The lowest BCUT2D eigenvalue weighted by molar-refractivity contribution is -0.141. The monoisotopic (exact) mass is 313 g/mol. The summed E-state index contributed by atoms with van der Waals surface area (Å²) in [4.78, 5) is 12.8. The van der Waals surface area contributed by atoms with Crippen molar-refractivity contribution < 1.29 is 9.22 Å². The summed E-state index contributed by atoms with van der Waals surface area (Å²) in [6.07, 6.45) is 7.36. The number of hydrogen-bond donors (Lipinski definition) is 1. The highest BCUT2D eigenvalue weighted by Gasteiger charge is 2.48. The van der Waals surface area contributed by atoms with E-state index < -0.39 is 13.9 Å². The third-order valence-corrected chi connectivity index (χ3v) is 9.66. The van der Waals surface area contributed by atoms with Gasteiger partial charge in [-0.05, 0) is 37.4 Å². The lowest BCUT2D eigenvalue weighted by Crippen LogP contribution is -2.57. The van der Waals surface area contributed by atoms with Gasteiger partial charge in [0.2, 0.25) is 0 Å². The minimum Gasteiger partial charge on any atom is -0.403 e. The first kappa shape index (κ1) is 18.7. The van der Waals surface area contributed by atoms with Gasteiger partial charge in [0, 0.05) is 6.54 Å². The zero-order valence-corrected chi connectivity index (χ0v) is 16.0. The predicted octanol–water partition coefficient (Wildman–Crippen LogP) is 4.63. The second-order valence-electron chi connectivity index (χ2n) is 8.03. The van der Waals surface area contributed by atoms with Gasteiger partial charge < -0.3 is 9.74 Å². The Morgan fingerprint density at radius 3 is 2.24 bits per heavy atom. The van der Waals surface area contributed by atoms with Crippen LogP contribution in [0.1, 0.15) is 72.6 Å². The molecule has 21 heavy (non-hydrogen) atoms. The van der Waals surface area contributed by atoms with Gasteiger partial charge in [0.05, 0.1) is 0 Å². The highest BCUT2D eigenvalue weighted by molar-refractivity contribution is 6.74. The molecule has 1 N–H and O–H groups in total. The highest BCUT2D eigenvalue weighted by atomic mass is 28.4. The van der Waals surface area contributed by atoms with Gasteiger partial charge in [-0.1, -0.05) is 53.4 Å². The van der Waals surface area contributed by atoms with Gasteiger partial charge in [0.15, 0.2) is 8.32 Å². The van der Waals surface area contributed by atoms with Gasteiger partial charge >= 0.3 is 0 Å². The maximum absolute atomic E-state index is 12.8. The zero-order chi connectivity index (χ0) is 16.1. The number of nitrogens with one attached hydrogen (secondary N) is 1. The lowest BCUT2D eigenvalue weighted by Gasteiger charge is -2.46. The minimum atomic E-state index is -1.94. The Labute approximate surface area is 132 Å². The van der Waals surface area contributed by atoms with Crippen LogP contribution in [0.15, 0.2) is 0 Å². The van der Waals surface area contributed by atoms with Gasteiger partial charge in [-0.15, -0.1) is 0 Å². The summed E-state index contributed by atoms with van der Waals surface area (Å²) in [5.74, 6) is 0.139. The van der Waals surface area contributed by atoms with Crippen LogP contribution in [0.25, 0.3) is 0 Å². The smallest absolute Gasteiger partial charge is 0.251 e. The van der Waals surface area contributed by atoms with Gasteiger partial charge in [-0.25, -0.2) is 0 Å². The Kier molecular flexibility index (Phi) is 6.48. The van der Waals surface area contributed by atoms with Gasteiger partial charge in [-0.3, -0.25) is 4.79 Å². The minimum absolute atomic E-state index is 0.139. The Morgan fingerprint density at radius 2 is 1.76 bits per heavy atom. The van der Waals surface area contributed by atoms with Crippen molar-refractivity contribution >= 4 is 14.2 Å². The van der Waals surface area contributed by atoms with Crippen LogP contribution in [0.2, 0.25) is 18.1 Å². The Morgan fingerprint density at radius 1 is 1.19 bits per heavy atom. The standard InChI is InChI=1S/C17H35NO2Si/c1-7-8-14-18-15(19)17(12-10-9-11-13-17)20-21(5,6)16(2,3)4/h7-14H2,1-6H3,(H,18,19). The summed E-state index contributed by atoms with van der Waals surface area (Å²) in [6.45, 7) is 14.2. The molecule has 0 aromatic carbocycles. The van der Waals surface area contributed by atoms with Crippen LogP contribution in [0.3, 0.4) is 0 Å². The third-order valence-electron chi connectivity index (χ3n) is 5.15. The summed E-state index contributed by atoms with van der Waals surface area (Å²) < 4.78 is 6.65. The SMILES string of the molecule is CCCCNC(=O)C1(O[Si](C)(C)C(C)(C)C)CCCCC1. The highest BCUT2D eigenvalue weighted by Crippen LogP contribution is 2.43. The van der Waals surface area contributed by atoms with Crippen LogP contribution < -0.4 is 5.32 Å². The number of unbranched alkanes of at least 4 members (excludes halogenated alkanes) is 1. The molecule has 124 valence electrons. The molecule has 0 aromatic rings. The molecule has 4 heteroatoms. The molecule has 1 aliphatic rings. The Bertz CT molecular complexity index is 341. The summed E-state index contributed by atoms with van der Waals surface area (Å²) >= 11 is 0. The molecule has 0 aliphatic heterocycles. The van der Waals surface area contributed by atoms with E-state index in [2.05, 4.69) is 46.1 Å². The molecule has 0 spiro atoms. The number of amides is 1. The Balaban J connectivity index is 2.86. The molecule has 1 amide bonds. The number of rotatable bonds is 6. The molecular formula is C17H35NO2Si. The first-order valence-corrected chi connectivity index (χ1v) is 11.5. The van der Waals surface area contributed by atoms with E-state index in [0.29, 0.717) is 0 Å². The van der Waals surface area contributed by atoms with Crippen LogP contribution in [-0.4, -0.2) is 26.4 Å². The van der Waals surface area contributed by atoms with Crippen molar-refractivity contribution in [2.24, 2.45) is 0 Å². The summed E-state index contributed by atoms with van der Waals surface area (Å²) in [5, 5.41) is 3.27. The van der Waals surface area contributed by atoms with Crippen molar-refractivity contribution in [3.05, 3.63) is 0 Å². The fraction of sp³-hybridized carbons (Fsp3) is 0.941. The van der Waals surface area contributed by atoms with Crippen LogP contribution in [-0.2, 0) is 9.22 Å². The molecule has 0 bridgehead atoms. The molecule has 1 aliphatic carbocycles. The van der Waals surface area contributed by atoms with E-state index in [1.807, 2.05) is 0 Å². The van der Waals surface area contributed by atoms with Crippen molar-refractivity contribution in [2.45, 2.75) is 96.4 Å². The lowest BCUT2D eigenvalue weighted by atomic mass is 9.84. The second kappa shape index (κ2) is 7.27. The van der Waals surface area contributed by atoms with E-state index in [0.717, 1.165) is 45.1 Å².